The van der Waals surface area contributed by atoms with Crippen LogP contribution in [-0.2, 0) is 9.59 Å². The number of likely N-dealkylation sites (N-methyl/N-ethyl adjacent to an activating group) is 1. The fraction of sp³-hybridized carbons (Fsp3) is 0.400. The van der Waals surface area contributed by atoms with Crippen molar-refractivity contribution in [3.63, 3.8) is 0 Å². The monoisotopic (exact) mass is 358 g/mol. The smallest absolute Gasteiger partial charge is 0.321 e. The lowest BCUT2D eigenvalue weighted by Crippen LogP contribution is -2.45. The highest BCUT2D eigenvalue weighted by Gasteiger charge is 2.24. The molecule has 1 aliphatic rings. The molecule has 25 heavy (non-hydrogen) atoms. The average molecular weight is 358 g/mol. The number of nitrogens with one attached hydrogen (secondary N) is 3. The van der Waals surface area contributed by atoms with E-state index in [1.807, 2.05) is 0 Å². The van der Waals surface area contributed by atoms with E-state index >= 15 is 0 Å². The van der Waals surface area contributed by atoms with Gasteiger partial charge in [-0.1, -0.05) is 0 Å². The molecule has 3 N–H and O–H groups in total. The summed E-state index contributed by atoms with van der Waals surface area (Å²) < 4.78 is 39.4. The van der Waals surface area contributed by atoms with Gasteiger partial charge in [-0.05, 0) is 32.0 Å². The second-order valence-electron chi connectivity index (χ2n) is 5.74. The molecule has 0 aliphatic heterocycles. The molecule has 0 saturated heterocycles. The van der Waals surface area contributed by atoms with Gasteiger partial charge in [0.2, 0.25) is 11.8 Å². The molecule has 1 saturated carbocycles. The van der Waals surface area contributed by atoms with E-state index in [0.29, 0.717) is 6.07 Å². The number of imide groups is 1. The Bertz CT molecular complexity index is 695. The molecule has 4 amide bonds. The van der Waals surface area contributed by atoms with E-state index in [0.717, 1.165) is 18.9 Å². The van der Waals surface area contributed by atoms with Gasteiger partial charge in [-0.3, -0.25) is 19.8 Å². The number of anilines is 1. The van der Waals surface area contributed by atoms with E-state index in [9.17, 15) is 27.6 Å². The molecule has 7 nitrogen and oxygen atoms in total. The van der Waals surface area contributed by atoms with Crippen molar-refractivity contribution < 1.29 is 27.6 Å². The summed E-state index contributed by atoms with van der Waals surface area (Å²) in [5.41, 5.74) is -0.509. The van der Waals surface area contributed by atoms with Crippen LogP contribution >= 0.6 is 0 Å². The van der Waals surface area contributed by atoms with Gasteiger partial charge in [0.15, 0.2) is 17.5 Å². The molecule has 0 aromatic heterocycles. The summed E-state index contributed by atoms with van der Waals surface area (Å²) in [6.07, 6.45) is 1.75. The van der Waals surface area contributed by atoms with Gasteiger partial charge in [0.25, 0.3) is 0 Å². The summed E-state index contributed by atoms with van der Waals surface area (Å²) in [6, 6.07) is 1.07. The Hall–Kier alpha value is -2.62. The minimum Gasteiger partial charge on any atom is -0.335 e. The minimum atomic E-state index is -1.69. The fourth-order valence-corrected chi connectivity index (χ4v) is 1.97. The van der Waals surface area contributed by atoms with Crippen molar-refractivity contribution in [2.75, 3.05) is 25.5 Å². The summed E-state index contributed by atoms with van der Waals surface area (Å²) in [4.78, 5) is 36.1. The largest absolute Gasteiger partial charge is 0.335 e. The molecule has 0 radical (unpaired) electrons. The van der Waals surface area contributed by atoms with Gasteiger partial charge >= 0.3 is 6.03 Å². The molecule has 1 fully saturated rings. The first-order chi connectivity index (χ1) is 11.8. The molecule has 1 aromatic carbocycles. The molecule has 10 heteroatoms. The van der Waals surface area contributed by atoms with E-state index in [1.54, 1.807) is 0 Å². The maximum Gasteiger partial charge on any atom is 0.321 e. The fourth-order valence-electron chi connectivity index (χ4n) is 1.97. The topological polar surface area (TPSA) is 90.5 Å². The highest BCUT2D eigenvalue weighted by molar-refractivity contribution is 5.96. The number of halogens is 3. The van der Waals surface area contributed by atoms with Gasteiger partial charge in [-0.15, -0.1) is 0 Å². The summed E-state index contributed by atoms with van der Waals surface area (Å²) in [7, 11) is 1.43. The van der Waals surface area contributed by atoms with Gasteiger partial charge in [0.1, 0.15) is 0 Å². The van der Waals surface area contributed by atoms with E-state index in [-0.39, 0.29) is 19.1 Å². The van der Waals surface area contributed by atoms with Crippen LogP contribution in [0, 0.1) is 17.5 Å². The van der Waals surface area contributed by atoms with Gasteiger partial charge in [-0.2, -0.15) is 0 Å². The van der Waals surface area contributed by atoms with Crippen molar-refractivity contribution in [3.8, 4) is 0 Å². The Morgan fingerprint density at radius 3 is 2.36 bits per heavy atom. The number of rotatable bonds is 6. The Kier molecular flexibility index (Phi) is 5.97. The summed E-state index contributed by atoms with van der Waals surface area (Å²) in [5, 5.41) is 6.77. The second kappa shape index (κ2) is 7.97. The quantitative estimate of drug-likeness (QED) is 0.661. The van der Waals surface area contributed by atoms with E-state index in [2.05, 4.69) is 16.0 Å². The predicted molar refractivity (Wildman–Crippen MR) is 82.1 cm³/mol. The van der Waals surface area contributed by atoms with Crippen molar-refractivity contribution in [2.24, 2.45) is 0 Å². The number of nitrogens with zero attached hydrogens (tertiary/aromatic N) is 1. The molecule has 1 aliphatic carbocycles. The molecule has 0 unspecified atom stereocenters. The third kappa shape index (κ3) is 5.75. The highest BCUT2D eigenvalue weighted by Crippen LogP contribution is 2.19. The Labute approximate surface area is 141 Å². The normalized spacial score (nSPS) is 13.5. The van der Waals surface area contributed by atoms with Gasteiger partial charge < -0.3 is 10.6 Å². The Morgan fingerprint density at radius 1 is 1.08 bits per heavy atom. The molecule has 2 rings (SSSR count). The molecular formula is C15H17F3N4O3. The van der Waals surface area contributed by atoms with Crippen LogP contribution < -0.4 is 16.0 Å². The standard InChI is InChI=1S/C15H17F3N4O3/c1-22(7-12(24)21-15(25)19-8-2-3-8)6-11(23)20-10-5-4-9(16)13(17)14(10)18/h4-5,8H,2-3,6-7H2,1H3,(H,20,23)(H2,19,21,24,25). The van der Waals surface area contributed by atoms with Crippen LogP contribution in [0.4, 0.5) is 23.7 Å². The molecule has 0 heterocycles. The molecular weight excluding hydrogens is 341 g/mol. The maximum atomic E-state index is 13.5. The van der Waals surface area contributed by atoms with Crippen LogP contribution in [0.3, 0.4) is 0 Å². The lowest BCUT2D eigenvalue weighted by Gasteiger charge is -2.16. The third-order valence-electron chi connectivity index (χ3n) is 3.30. The zero-order chi connectivity index (χ0) is 18.6. The molecule has 136 valence electrons. The van der Waals surface area contributed by atoms with Gasteiger partial charge in [-0.25, -0.2) is 18.0 Å². The summed E-state index contributed by atoms with van der Waals surface area (Å²) >= 11 is 0. The van der Waals surface area contributed by atoms with Crippen LogP contribution in [0.25, 0.3) is 0 Å². The van der Waals surface area contributed by atoms with Crippen molar-refractivity contribution >= 4 is 23.5 Å². The van der Waals surface area contributed by atoms with Crippen LogP contribution in [0.1, 0.15) is 12.8 Å². The highest BCUT2D eigenvalue weighted by atomic mass is 19.2. The predicted octanol–water partition coefficient (Wildman–Crippen LogP) is 0.962. The SMILES string of the molecule is CN(CC(=O)NC(=O)NC1CC1)CC(=O)Nc1ccc(F)c(F)c1F. The summed E-state index contributed by atoms with van der Waals surface area (Å²) in [6.45, 7) is -0.581. The lowest BCUT2D eigenvalue weighted by atomic mass is 10.2. The zero-order valence-electron chi connectivity index (χ0n) is 13.4. The van der Waals surface area contributed by atoms with Crippen molar-refractivity contribution in [3.05, 3.63) is 29.6 Å². The Balaban J connectivity index is 1.78. The molecule has 0 atom stereocenters. The average Bonchev–Trinajstić information content (AvgIpc) is 3.31. The van der Waals surface area contributed by atoms with Gasteiger partial charge in [0.05, 0.1) is 18.8 Å². The van der Waals surface area contributed by atoms with Crippen LogP contribution in [-0.4, -0.2) is 48.9 Å². The van der Waals surface area contributed by atoms with E-state index in [4.69, 9.17) is 0 Å². The maximum absolute atomic E-state index is 13.5. The number of hydrogen-bond donors (Lipinski definition) is 3. The number of carbonyl (C=O) groups is 3. The first-order valence-corrected chi connectivity index (χ1v) is 7.48. The lowest BCUT2D eigenvalue weighted by molar-refractivity contribution is -0.122. The van der Waals surface area contributed by atoms with Crippen LogP contribution in [0.5, 0.6) is 0 Å². The van der Waals surface area contributed by atoms with Crippen LogP contribution in [0.2, 0.25) is 0 Å². The van der Waals surface area contributed by atoms with Crippen LogP contribution in [0.15, 0.2) is 12.1 Å². The summed E-state index contributed by atoms with van der Waals surface area (Å²) in [5.74, 6) is -5.92. The number of hydrogen-bond acceptors (Lipinski definition) is 4. The minimum absolute atomic E-state index is 0.0994. The first-order valence-electron chi connectivity index (χ1n) is 7.48. The second-order valence-corrected chi connectivity index (χ2v) is 5.74. The number of benzene rings is 1. The first kappa shape index (κ1) is 18.7. The van der Waals surface area contributed by atoms with Crippen molar-refractivity contribution in [1.29, 1.82) is 0 Å². The van der Waals surface area contributed by atoms with E-state index in [1.165, 1.54) is 11.9 Å². The molecule has 0 bridgehead atoms. The van der Waals surface area contributed by atoms with Crippen molar-refractivity contribution in [2.45, 2.75) is 18.9 Å². The van der Waals surface area contributed by atoms with Crippen molar-refractivity contribution in [1.82, 2.24) is 15.5 Å². The third-order valence-corrected chi connectivity index (χ3v) is 3.30. The zero-order valence-corrected chi connectivity index (χ0v) is 13.4. The Morgan fingerprint density at radius 2 is 1.72 bits per heavy atom. The van der Waals surface area contributed by atoms with Gasteiger partial charge in [0, 0.05) is 6.04 Å². The molecule has 1 aromatic rings. The number of amides is 4. The molecule has 0 spiro atoms. The van der Waals surface area contributed by atoms with E-state index < -0.39 is 41.0 Å². The number of carbonyl (C=O) groups excluding carboxylic acids is 3. The number of urea groups is 1.